The average Bonchev–Trinajstić information content (AvgIpc) is 3.04. The van der Waals surface area contributed by atoms with Gasteiger partial charge in [-0.15, -0.1) is 0 Å². The number of unbranched alkanes of at least 4 members (excludes halogenated alkanes) is 1. The Labute approximate surface area is 125 Å². The number of hydrogen-bond acceptors (Lipinski definition) is 2. The Balaban J connectivity index is 2.13. The van der Waals surface area contributed by atoms with E-state index in [0.29, 0.717) is 5.56 Å². The van der Waals surface area contributed by atoms with Crippen molar-refractivity contribution < 1.29 is 4.79 Å². The van der Waals surface area contributed by atoms with Crippen LogP contribution >= 0.6 is 0 Å². The van der Waals surface area contributed by atoms with Crippen molar-refractivity contribution in [2.24, 2.45) is 5.10 Å². The molecular formula is C17H21N3O. The van der Waals surface area contributed by atoms with Gasteiger partial charge in [-0.25, -0.2) is 5.43 Å². The number of amides is 1. The molecule has 1 heterocycles. The van der Waals surface area contributed by atoms with Gasteiger partial charge in [-0.2, -0.15) is 5.10 Å². The molecular weight excluding hydrogens is 262 g/mol. The largest absolute Gasteiger partial charge is 0.323 e. The summed E-state index contributed by atoms with van der Waals surface area (Å²) in [6, 6.07) is 11.4. The number of nitrogens with zero attached hydrogens (tertiary/aromatic N) is 2. The molecule has 0 bridgehead atoms. The molecule has 0 saturated carbocycles. The third-order valence-electron chi connectivity index (χ3n) is 3.27. The summed E-state index contributed by atoms with van der Waals surface area (Å²) in [6.07, 6.45) is 6.96. The molecule has 0 radical (unpaired) electrons. The van der Waals surface area contributed by atoms with Crippen molar-refractivity contribution in [3.05, 3.63) is 54.4 Å². The fraction of sp³-hybridized carbons (Fsp3) is 0.294. The summed E-state index contributed by atoms with van der Waals surface area (Å²) < 4.78 is 1.92. The highest BCUT2D eigenvalue weighted by atomic mass is 16.2. The Hall–Kier alpha value is -2.36. The lowest BCUT2D eigenvalue weighted by molar-refractivity contribution is 0.0954. The van der Waals surface area contributed by atoms with Crippen molar-refractivity contribution in [3.63, 3.8) is 0 Å². The number of aromatic nitrogens is 1. The molecule has 0 spiro atoms. The van der Waals surface area contributed by atoms with Gasteiger partial charge in [0.15, 0.2) is 0 Å². The SMILES string of the molecule is CCCC/C(C)=N\NC(=O)c1ccccc1-n1cccc1. The molecule has 2 rings (SSSR count). The van der Waals surface area contributed by atoms with Crippen LogP contribution in [0.5, 0.6) is 0 Å². The average molecular weight is 283 g/mol. The van der Waals surface area contributed by atoms with Gasteiger partial charge in [-0.1, -0.05) is 25.5 Å². The van der Waals surface area contributed by atoms with Crippen molar-refractivity contribution in [1.82, 2.24) is 9.99 Å². The molecule has 0 unspecified atom stereocenters. The van der Waals surface area contributed by atoms with Crippen LogP contribution in [0.25, 0.3) is 5.69 Å². The zero-order valence-electron chi connectivity index (χ0n) is 12.5. The minimum absolute atomic E-state index is 0.185. The normalized spacial score (nSPS) is 11.4. The van der Waals surface area contributed by atoms with E-state index in [0.717, 1.165) is 30.7 Å². The first-order valence-electron chi connectivity index (χ1n) is 7.28. The van der Waals surface area contributed by atoms with Crippen LogP contribution in [0.2, 0.25) is 0 Å². The minimum Gasteiger partial charge on any atom is -0.323 e. The van der Waals surface area contributed by atoms with Crippen LogP contribution in [0, 0.1) is 0 Å². The van der Waals surface area contributed by atoms with E-state index in [-0.39, 0.29) is 5.91 Å². The minimum atomic E-state index is -0.185. The van der Waals surface area contributed by atoms with E-state index in [1.54, 1.807) is 0 Å². The second kappa shape index (κ2) is 7.43. The molecule has 0 saturated heterocycles. The van der Waals surface area contributed by atoms with Gasteiger partial charge in [0, 0.05) is 18.1 Å². The van der Waals surface area contributed by atoms with E-state index in [1.165, 1.54) is 0 Å². The first kappa shape index (κ1) is 15.0. The van der Waals surface area contributed by atoms with Gasteiger partial charge in [0.2, 0.25) is 0 Å². The molecule has 0 atom stereocenters. The van der Waals surface area contributed by atoms with E-state index in [4.69, 9.17) is 0 Å². The second-order valence-electron chi connectivity index (χ2n) is 5.00. The number of nitrogens with one attached hydrogen (secondary N) is 1. The summed E-state index contributed by atoms with van der Waals surface area (Å²) in [7, 11) is 0. The summed E-state index contributed by atoms with van der Waals surface area (Å²) >= 11 is 0. The molecule has 0 aliphatic carbocycles. The Morgan fingerprint density at radius 3 is 2.62 bits per heavy atom. The summed E-state index contributed by atoms with van der Waals surface area (Å²) in [4.78, 5) is 12.3. The monoisotopic (exact) mass is 283 g/mol. The highest BCUT2D eigenvalue weighted by Gasteiger charge is 2.11. The van der Waals surface area contributed by atoms with Crippen LogP contribution in [0.4, 0.5) is 0 Å². The maximum absolute atomic E-state index is 12.3. The van der Waals surface area contributed by atoms with E-state index < -0.39 is 0 Å². The summed E-state index contributed by atoms with van der Waals surface area (Å²) in [5, 5.41) is 4.17. The fourth-order valence-corrected chi connectivity index (χ4v) is 2.08. The van der Waals surface area contributed by atoms with Crippen LogP contribution in [0.3, 0.4) is 0 Å². The van der Waals surface area contributed by atoms with E-state index in [1.807, 2.05) is 60.3 Å². The quantitative estimate of drug-likeness (QED) is 0.636. The lowest BCUT2D eigenvalue weighted by atomic mass is 10.1. The Morgan fingerprint density at radius 1 is 1.19 bits per heavy atom. The summed E-state index contributed by atoms with van der Waals surface area (Å²) in [6.45, 7) is 4.08. The molecule has 1 aromatic heterocycles. The summed E-state index contributed by atoms with van der Waals surface area (Å²) in [5.74, 6) is -0.185. The van der Waals surface area contributed by atoms with Gasteiger partial charge in [-0.3, -0.25) is 4.79 Å². The second-order valence-corrected chi connectivity index (χ2v) is 5.00. The first-order chi connectivity index (χ1) is 10.2. The van der Waals surface area contributed by atoms with Crippen molar-refractivity contribution >= 4 is 11.6 Å². The van der Waals surface area contributed by atoms with E-state index in [2.05, 4.69) is 17.5 Å². The third-order valence-corrected chi connectivity index (χ3v) is 3.27. The maximum atomic E-state index is 12.3. The Kier molecular flexibility index (Phi) is 5.32. The number of carbonyl (C=O) groups excluding carboxylic acids is 1. The number of para-hydroxylation sites is 1. The molecule has 1 aromatic carbocycles. The lowest BCUT2D eigenvalue weighted by Crippen LogP contribution is -2.20. The standard InChI is InChI=1S/C17H21N3O/c1-3-4-9-14(2)18-19-17(21)15-10-5-6-11-16(15)20-12-7-8-13-20/h5-8,10-13H,3-4,9H2,1-2H3,(H,19,21)/b18-14-. The van der Waals surface area contributed by atoms with Crippen LogP contribution in [0.15, 0.2) is 53.9 Å². The van der Waals surface area contributed by atoms with Crippen LogP contribution in [0.1, 0.15) is 43.5 Å². The number of benzene rings is 1. The van der Waals surface area contributed by atoms with Gasteiger partial charge in [0.05, 0.1) is 11.3 Å². The van der Waals surface area contributed by atoms with Crippen molar-refractivity contribution in [3.8, 4) is 5.69 Å². The van der Waals surface area contributed by atoms with Crippen LogP contribution < -0.4 is 5.43 Å². The molecule has 21 heavy (non-hydrogen) atoms. The van der Waals surface area contributed by atoms with Gasteiger partial charge in [-0.05, 0) is 44.0 Å². The third kappa shape index (κ3) is 4.05. The predicted molar refractivity (Wildman–Crippen MR) is 85.9 cm³/mol. The van der Waals surface area contributed by atoms with Crippen LogP contribution in [-0.4, -0.2) is 16.2 Å². The maximum Gasteiger partial charge on any atom is 0.273 e. The molecule has 4 nitrogen and oxygen atoms in total. The van der Waals surface area contributed by atoms with Gasteiger partial charge < -0.3 is 4.57 Å². The number of rotatable bonds is 6. The summed E-state index contributed by atoms with van der Waals surface area (Å²) in [5.41, 5.74) is 5.05. The molecule has 1 amide bonds. The van der Waals surface area contributed by atoms with Gasteiger partial charge >= 0.3 is 0 Å². The molecule has 1 N–H and O–H groups in total. The molecule has 2 aromatic rings. The van der Waals surface area contributed by atoms with E-state index >= 15 is 0 Å². The van der Waals surface area contributed by atoms with Crippen LogP contribution in [-0.2, 0) is 0 Å². The zero-order valence-corrected chi connectivity index (χ0v) is 12.5. The highest BCUT2D eigenvalue weighted by Crippen LogP contribution is 2.14. The number of hydrogen-bond donors (Lipinski definition) is 1. The zero-order chi connectivity index (χ0) is 15.1. The predicted octanol–water partition coefficient (Wildman–Crippen LogP) is 3.77. The number of hydrazone groups is 1. The molecule has 0 aliphatic rings. The number of carbonyl (C=O) groups is 1. The Morgan fingerprint density at radius 2 is 1.90 bits per heavy atom. The Bertz CT molecular complexity index is 615. The molecule has 4 heteroatoms. The molecule has 0 aliphatic heterocycles. The van der Waals surface area contributed by atoms with Crippen molar-refractivity contribution in [2.45, 2.75) is 33.1 Å². The molecule has 0 fully saturated rings. The first-order valence-corrected chi connectivity index (χ1v) is 7.28. The van der Waals surface area contributed by atoms with Crippen molar-refractivity contribution in [2.75, 3.05) is 0 Å². The highest BCUT2D eigenvalue weighted by molar-refractivity contribution is 5.98. The smallest absolute Gasteiger partial charge is 0.273 e. The van der Waals surface area contributed by atoms with Gasteiger partial charge in [0.1, 0.15) is 0 Å². The van der Waals surface area contributed by atoms with Crippen molar-refractivity contribution in [1.29, 1.82) is 0 Å². The molecule has 110 valence electrons. The fourth-order valence-electron chi connectivity index (χ4n) is 2.08. The van der Waals surface area contributed by atoms with E-state index in [9.17, 15) is 4.79 Å². The lowest BCUT2D eigenvalue weighted by Gasteiger charge is -2.09. The topological polar surface area (TPSA) is 46.4 Å². The van der Waals surface area contributed by atoms with Gasteiger partial charge in [0.25, 0.3) is 5.91 Å².